The monoisotopic (exact) mass is 738 g/mol. The molecular formula is C40H58N4O9. The number of nitrogens with zero attached hydrogens (tertiary/aromatic N) is 3. The number of nitrogens with one attached hydrogen (secondary N) is 1. The second-order valence-corrected chi connectivity index (χ2v) is 15.0. The van der Waals surface area contributed by atoms with E-state index in [0.29, 0.717) is 57.6 Å². The van der Waals surface area contributed by atoms with Gasteiger partial charge in [-0.05, 0) is 37.2 Å². The number of hydrogen-bond donors (Lipinski definition) is 2. The van der Waals surface area contributed by atoms with Crippen LogP contribution in [0.4, 0.5) is 0 Å². The molecule has 4 aliphatic heterocycles. The van der Waals surface area contributed by atoms with Crippen LogP contribution in [-0.2, 0) is 38.1 Å². The number of hydrogen-bond acceptors (Lipinski definition) is 10. The maximum absolute atomic E-state index is 14.9. The molecule has 1 aromatic carbocycles. The fraction of sp³-hybridized carbons (Fsp3) is 0.650. The zero-order valence-corrected chi connectivity index (χ0v) is 31.5. The second-order valence-electron chi connectivity index (χ2n) is 15.0. The molecule has 292 valence electrons. The zero-order valence-electron chi connectivity index (χ0n) is 31.5. The van der Waals surface area contributed by atoms with Crippen LogP contribution in [0.1, 0.15) is 57.6 Å². The molecule has 2 N–H and O–H groups in total. The molecule has 8 atom stereocenters. The third-order valence-electron chi connectivity index (χ3n) is 11.0. The average molecular weight is 739 g/mol. The van der Waals surface area contributed by atoms with E-state index >= 15 is 0 Å². The molecule has 4 saturated heterocycles. The first kappa shape index (κ1) is 40.6. The first-order chi connectivity index (χ1) is 25.6. The van der Waals surface area contributed by atoms with Crippen molar-refractivity contribution in [2.75, 3.05) is 66.3 Å². The van der Waals surface area contributed by atoms with Gasteiger partial charge >= 0.3 is 5.97 Å². The number of morpholine rings is 1. The van der Waals surface area contributed by atoms with Gasteiger partial charge in [0.25, 0.3) is 0 Å². The molecule has 4 heterocycles. The van der Waals surface area contributed by atoms with Crippen LogP contribution in [0, 0.1) is 17.8 Å². The minimum Gasteiger partial charge on any atom is -0.455 e. The van der Waals surface area contributed by atoms with Crippen LogP contribution in [0.3, 0.4) is 0 Å². The molecule has 0 radical (unpaired) electrons. The zero-order chi connectivity index (χ0) is 38.1. The van der Waals surface area contributed by atoms with Crippen molar-refractivity contribution < 1.29 is 43.2 Å². The van der Waals surface area contributed by atoms with Crippen LogP contribution in [-0.4, -0.2) is 140 Å². The predicted octanol–water partition coefficient (Wildman–Crippen LogP) is 2.50. The lowest BCUT2D eigenvalue weighted by molar-refractivity contribution is -0.163. The smallest absolute Gasteiger partial charge is 0.313 e. The number of carbonyl (C=O) groups is 4. The van der Waals surface area contributed by atoms with Crippen LogP contribution < -0.4 is 5.32 Å². The molecule has 1 aromatic rings. The van der Waals surface area contributed by atoms with Crippen LogP contribution in [0.5, 0.6) is 0 Å². The SMILES string of the molecule is C=CCCC(=O)N[C@H](COC)[C@H](OC(=O)[C@@H]1[C@@H]2CC[C@]3(O2)[C@H](C(=O)N(CC=C)CCN2CCOCC2)N([C@@H](CO)CC(C)C)C(=O)[C@@H]13)c1ccccc1. The maximum Gasteiger partial charge on any atom is 0.313 e. The highest BCUT2D eigenvalue weighted by Gasteiger charge is 2.75. The van der Waals surface area contributed by atoms with E-state index in [1.54, 1.807) is 17.1 Å². The quantitative estimate of drug-likeness (QED) is 0.151. The van der Waals surface area contributed by atoms with Crippen molar-refractivity contribution in [2.24, 2.45) is 17.8 Å². The Morgan fingerprint density at radius 2 is 1.89 bits per heavy atom. The molecule has 5 rings (SSSR count). The summed E-state index contributed by atoms with van der Waals surface area (Å²) in [5, 5.41) is 13.7. The summed E-state index contributed by atoms with van der Waals surface area (Å²) in [6.07, 6.45) is 3.76. The van der Waals surface area contributed by atoms with Crippen LogP contribution in [0.25, 0.3) is 0 Å². The van der Waals surface area contributed by atoms with Gasteiger partial charge in [0.05, 0.1) is 56.5 Å². The summed E-state index contributed by atoms with van der Waals surface area (Å²) in [6, 6.07) is 6.69. The molecule has 4 aliphatic rings. The molecule has 1 spiro atoms. The molecule has 4 fully saturated rings. The van der Waals surface area contributed by atoms with E-state index in [9.17, 15) is 24.3 Å². The summed E-state index contributed by atoms with van der Waals surface area (Å²) < 4.78 is 24.1. The lowest BCUT2D eigenvalue weighted by Crippen LogP contribution is -2.59. The first-order valence-electron chi connectivity index (χ1n) is 19.0. The first-order valence-corrected chi connectivity index (χ1v) is 19.0. The Labute approximate surface area is 313 Å². The highest BCUT2D eigenvalue weighted by Crippen LogP contribution is 2.59. The number of carbonyl (C=O) groups excluding carboxylic acids is 4. The number of benzene rings is 1. The number of ether oxygens (including phenoxy) is 4. The van der Waals surface area contributed by atoms with Crippen molar-refractivity contribution in [3.05, 3.63) is 61.2 Å². The van der Waals surface area contributed by atoms with Crippen molar-refractivity contribution >= 4 is 23.7 Å². The largest absolute Gasteiger partial charge is 0.455 e. The predicted molar refractivity (Wildman–Crippen MR) is 197 cm³/mol. The van der Waals surface area contributed by atoms with Crippen molar-refractivity contribution in [3.8, 4) is 0 Å². The summed E-state index contributed by atoms with van der Waals surface area (Å²) in [5.74, 6) is -3.43. The number of aliphatic hydroxyl groups excluding tert-OH is 1. The fourth-order valence-electron chi connectivity index (χ4n) is 8.68. The molecule has 53 heavy (non-hydrogen) atoms. The summed E-state index contributed by atoms with van der Waals surface area (Å²) >= 11 is 0. The standard InChI is InChI=1S/C40H58N4O9/c1-6-8-14-32(46)41-30(26-50-5)35(28-12-10-9-11-13-28)52-39(49)33-31-15-16-40(53-31)34(33)37(47)44(29(25-45)24-27(3)4)36(40)38(48)43(17-7-2)19-18-42-20-22-51-23-21-42/h6-7,9-13,27,29-31,33-36,45H,1-2,8,14-26H2,3-5H3,(H,41,46)/t29-,30-,31+,33-,34-,35-,36+,40-/m1/s1. The lowest BCUT2D eigenvalue weighted by atomic mass is 9.70. The molecular weight excluding hydrogens is 680 g/mol. The van der Waals surface area contributed by atoms with Crippen molar-refractivity contribution in [1.82, 2.24) is 20.0 Å². The van der Waals surface area contributed by atoms with Gasteiger partial charge in [0.15, 0.2) is 0 Å². The van der Waals surface area contributed by atoms with Gasteiger partial charge in [-0.25, -0.2) is 0 Å². The number of amides is 3. The number of allylic oxidation sites excluding steroid dienone is 1. The van der Waals surface area contributed by atoms with E-state index in [0.717, 1.165) is 13.1 Å². The highest BCUT2D eigenvalue weighted by molar-refractivity contribution is 5.98. The van der Waals surface area contributed by atoms with Crippen molar-refractivity contribution in [1.29, 1.82) is 0 Å². The number of methoxy groups -OCH3 is 1. The Morgan fingerprint density at radius 3 is 2.53 bits per heavy atom. The van der Waals surface area contributed by atoms with Gasteiger partial charge in [0.2, 0.25) is 17.7 Å². The van der Waals surface area contributed by atoms with Gasteiger partial charge < -0.3 is 39.2 Å². The third kappa shape index (κ3) is 8.86. The Kier molecular flexibility index (Phi) is 14.2. The summed E-state index contributed by atoms with van der Waals surface area (Å²) in [7, 11) is 1.51. The average Bonchev–Trinajstić information content (AvgIpc) is 3.81. The number of esters is 1. The Hall–Kier alpha value is -3.62. The van der Waals surface area contributed by atoms with Gasteiger partial charge in [-0.3, -0.25) is 24.1 Å². The minimum atomic E-state index is -1.28. The molecule has 13 nitrogen and oxygen atoms in total. The highest BCUT2D eigenvalue weighted by atomic mass is 16.6. The Bertz CT molecular complexity index is 1440. The third-order valence-corrected chi connectivity index (χ3v) is 11.0. The Morgan fingerprint density at radius 1 is 1.15 bits per heavy atom. The molecule has 0 aliphatic carbocycles. The topological polar surface area (TPSA) is 147 Å². The minimum absolute atomic E-state index is 0.0604. The number of likely N-dealkylation sites (tertiary alicyclic amines) is 1. The fourth-order valence-corrected chi connectivity index (χ4v) is 8.68. The molecule has 0 unspecified atom stereocenters. The van der Waals surface area contributed by atoms with E-state index in [-0.39, 0.29) is 49.8 Å². The molecule has 0 aromatic heterocycles. The number of fused-ring (bicyclic) bond motifs is 1. The van der Waals surface area contributed by atoms with E-state index in [4.69, 9.17) is 18.9 Å². The van der Waals surface area contributed by atoms with Gasteiger partial charge in [0, 0.05) is 46.3 Å². The van der Waals surface area contributed by atoms with E-state index in [2.05, 4.69) is 23.4 Å². The van der Waals surface area contributed by atoms with Crippen LogP contribution in [0.15, 0.2) is 55.6 Å². The van der Waals surface area contributed by atoms with E-state index < -0.39 is 53.7 Å². The van der Waals surface area contributed by atoms with Gasteiger partial charge in [-0.2, -0.15) is 0 Å². The van der Waals surface area contributed by atoms with Gasteiger partial charge in [-0.15, -0.1) is 13.2 Å². The molecule has 3 amide bonds. The van der Waals surface area contributed by atoms with Gasteiger partial charge in [-0.1, -0.05) is 56.3 Å². The maximum atomic E-state index is 14.9. The summed E-state index contributed by atoms with van der Waals surface area (Å²) in [6.45, 7) is 15.4. The summed E-state index contributed by atoms with van der Waals surface area (Å²) in [5.41, 5.74) is -0.631. The Balaban J connectivity index is 1.48. The number of rotatable bonds is 20. The molecule has 13 heteroatoms. The summed E-state index contributed by atoms with van der Waals surface area (Å²) in [4.78, 5) is 62.7. The second kappa shape index (κ2) is 18.6. The van der Waals surface area contributed by atoms with E-state index in [1.807, 2.05) is 44.2 Å². The van der Waals surface area contributed by atoms with Crippen LogP contribution >= 0.6 is 0 Å². The number of aliphatic hydroxyl groups is 1. The lowest BCUT2D eigenvalue weighted by Gasteiger charge is -2.40. The molecule has 2 bridgehead atoms. The normalized spacial score (nSPS) is 26.9. The van der Waals surface area contributed by atoms with Crippen molar-refractivity contribution in [3.63, 3.8) is 0 Å². The van der Waals surface area contributed by atoms with Crippen molar-refractivity contribution in [2.45, 2.75) is 81.9 Å². The van der Waals surface area contributed by atoms with Crippen LogP contribution in [0.2, 0.25) is 0 Å². The van der Waals surface area contributed by atoms with E-state index in [1.165, 1.54) is 12.0 Å². The molecule has 0 saturated carbocycles. The van der Waals surface area contributed by atoms with Gasteiger partial charge in [0.1, 0.15) is 17.7 Å².